The number of aromatic nitrogens is 1. The highest BCUT2D eigenvalue weighted by Crippen LogP contribution is 2.24. The van der Waals surface area contributed by atoms with Gasteiger partial charge in [0.1, 0.15) is 11.5 Å². The van der Waals surface area contributed by atoms with Crippen molar-refractivity contribution in [1.82, 2.24) is 10.3 Å². The quantitative estimate of drug-likeness (QED) is 0.794. The lowest BCUT2D eigenvalue weighted by atomic mass is 9.89. The highest BCUT2D eigenvalue weighted by atomic mass is 32.2. The van der Waals surface area contributed by atoms with Gasteiger partial charge in [0.25, 0.3) is 0 Å². The molecule has 2 atom stereocenters. The third-order valence-electron chi connectivity index (χ3n) is 4.63. The predicted octanol–water partition coefficient (Wildman–Crippen LogP) is 3.74. The molecule has 0 spiro atoms. The van der Waals surface area contributed by atoms with Crippen LogP contribution in [0.4, 0.5) is 0 Å². The Morgan fingerprint density at radius 1 is 1.44 bits per heavy atom. The summed E-state index contributed by atoms with van der Waals surface area (Å²) in [4.78, 5) is 17.6. The minimum atomic E-state index is -1.32. The number of hydrogen-bond donors (Lipinski definition) is 1. The van der Waals surface area contributed by atoms with Gasteiger partial charge in [0.05, 0.1) is 16.3 Å². The van der Waals surface area contributed by atoms with E-state index in [2.05, 4.69) is 10.3 Å². The number of nitrogens with zero attached hydrogens (tertiary/aromatic N) is 1. The zero-order chi connectivity index (χ0) is 17.6. The number of rotatable bonds is 7. The summed E-state index contributed by atoms with van der Waals surface area (Å²) in [5.41, 5.74) is 0.619. The van der Waals surface area contributed by atoms with E-state index < -0.39 is 16.0 Å². The Hall–Kier alpha value is -1.47. The first-order valence-electron chi connectivity index (χ1n) is 8.76. The molecule has 1 aliphatic rings. The van der Waals surface area contributed by atoms with Gasteiger partial charge in [-0.3, -0.25) is 9.00 Å². The maximum absolute atomic E-state index is 12.5. The standard InChI is InChI=1S/C18H24N2O3S2/c1-13(17(21)19-10-14-6-3-2-4-7-14)25(22)12-15-11-23-18(20-15)16-8-5-9-24-16/h5,8-9,11,13-14H,2-4,6-7,10,12H2,1H3,(H,19,21). The fraction of sp³-hybridized carbons (Fsp3) is 0.556. The first-order chi connectivity index (χ1) is 12.1. The SMILES string of the molecule is CC(C(=O)NCC1CCCCC1)S(=O)Cc1coc(-c2cccs2)n1. The fourth-order valence-electron chi connectivity index (χ4n) is 3.06. The third-order valence-corrected chi connectivity index (χ3v) is 7.07. The molecule has 136 valence electrons. The number of nitrogens with one attached hydrogen (secondary N) is 1. The fourth-order valence-corrected chi connectivity index (χ4v) is 4.71. The Balaban J connectivity index is 1.49. The second kappa shape index (κ2) is 8.76. The Morgan fingerprint density at radius 3 is 2.96 bits per heavy atom. The van der Waals surface area contributed by atoms with Crippen molar-refractivity contribution < 1.29 is 13.4 Å². The van der Waals surface area contributed by atoms with Crippen LogP contribution < -0.4 is 5.32 Å². The van der Waals surface area contributed by atoms with Crippen LogP contribution in [0.2, 0.25) is 0 Å². The van der Waals surface area contributed by atoms with Crippen molar-refractivity contribution in [2.75, 3.05) is 6.54 Å². The van der Waals surface area contributed by atoms with E-state index in [1.807, 2.05) is 17.5 Å². The van der Waals surface area contributed by atoms with Gasteiger partial charge in [-0.25, -0.2) is 4.98 Å². The number of oxazole rings is 1. The van der Waals surface area contributed by atoms with Crippen molar-refractivity contribution in [3.8, 4) is 10.8 Å². The number of amides is 1. The lowest BCUT2D eigenvalue weighted by molar-refractivity contribution is -0.120. The molecule has 0 aromatic carbocycles. The molecule has 0 bridgehead atoms. The molecule has 5 nitrogen and oxygen atoms in total. The largest absolute Gasteiger partial charge is 0.444 e. The molecular weight excluding hydrogens is 356 g/mol. The summed E-state index contributed by atoms with van der Waals surface area (Å²) < 4.78 is 17.9. The van der Waals surface area contributed by atoms with Crippen molar-refractivity contribution in [3.63, 3.8) is 0 Å². The summed E-state index contributed by atoms with van der Waals surface area (Å²) in [6, 6.07) is 3.86. The van der Waals surface area contributed by atoms with Gasteiger partial charge >= 0.3 is 0 Å². The monoisotopic (exact) mass is 380 g/mol. The highest BCUT2D eigenvalue weighted by molar-refractivity contribution is 7.85. The molecule has 0 saturated heterocycles. The Kier molecular flexibility index (Phi) is 6.42. The van der Waals surface area contributed by atoms with Crippen LogP contribution >= 0.6 is 11.3 Å². The van der Waals surface area contributed by atoms with Gasteiger partial charge in [0.15, 0.2) is 0 Å². The van der Waals surface area contributed by atoms with E-state index in [1.165, 1.54) is 38.4 Å². The van der Waals surface area contributed by atoms with Gasteiger partial charge in [-0.15, -0.1) is 11.3 Å². The van der Waals surface area contributed by atoms with Crippen LogP contribution in [-0.2, 0) is 21.3 Å². The van der Waals surface area contributed by atoms with Gasteiger partial charge in [-0.1, -0.05) is 25.3 Å². The molecule has 2 aromatic heterocycles. The van der Waals surface area contributed by atoms with Crippen LogP contribution in [0.25, 0.3) is 10.8 Å². The van der Waals surface area contributed by atoms with Crippen molar-refractivity contribution >= 4 is 28.0 Å². The summed E-state index contributed by atoms with van der Waals surface area (Å²) in [5, 5.41) is 4.38. The smallest absolute Gasteiger partial charge is 0.236 e. The van der Waals surface area contributed by atoms with E-state index in [-0.39, 0.29) is 11.7 Å². The van der Waals surface area contributed by atoms with Crippen LogP contribution in [0.15, 0.2) is 28.2 Å². The van der Waals surface area contributed by atoms with E-state index in [1.54, 1.807) is 18.3 Å². The topological polar surface area (TPSA) is 72.2 Å². The summed E-state index contributed by atoms with van der Waals surface area (Å²) in [7, 11) is -1.32. The summed E-state index contributed by atoms with van der Waals surface area (Å²) in [6.07, 6.45) is 7.70. The maximum atomic E-state index is 12.5. The molecule has 1 fully saturated rings. The molecule has 3 rings (SSSR count). The summed E-state index contributed by atoms with van der Waals surface area (Å²) in [5.74, 6) is 1.21. The van der Waals surface area contributed by atoms with Crippen molar-refractivity contribution in [1.29, 1.82) is 0 Å². The Morgan fingerprint density at radius 2 is 2.24 bits per heavy atom. The predicted molar refractivity (Wildman–Crippen MR) is 101 cm³/mol. The van der Waals surface area contributed by atoms with E-state index in [9.17, 15) is 9.00 Å². The maximum Gasteiger partial charge on any atom is 0.236 e. The normalized spacial score (nSPS) is 18.0. The van der Waals surface area contributed by atoms with Crippen molar-refractivity contribution in [3.05, 3.63) is 29.5 Å². The minimum absolute atomic E-state index is 0.133. The van der Waals surface area contributed by atoms with Gasteiger partial charge in [0, 0.05) is 17.3 Å². The molecule has 2 aromatic rings. The minimum Gasteiger partial charge on any atom is -0.444 e. The van der Waals surface area contributed by atoms with Crippen LogP contribution in [0.5, 0.6) is 0 Å². The van der Waals surface area contributed by atoms with Crippen LogP contribution in [0.3, 0.4) is 0 Å². The van der Waals surface area contributed by atoms with Crippen molar-refractivity contribution in [2.24, 2.45) is 5.92 Å². The van der Waals surface area contributed by atoms with Crippen LogP contribution in [-0.4, -0.2) is 26.9 Å². The van der Waals surface area contributed by atoms with E-state index in [0.717, 1.165) is 4.88 Å². The second-order valence-electron chi connectivity index (χ2n) is 6.54. The molecule has 2 unspecified atom stereocenters. The van der Waals surface area contributed by atoms with E-state index in [0.29, 0.717) is 24.0 Å². The van der Waals surface area contributed by atoms with Gasteiger partial charge in [-0.05, 0) is 37.1 Å². The van der Waals surface area contributed by atoms with Crippen LogP contribution in [0, 0.1) is 5.92 Å². The van der Waals surface area contributed by atoms with E-state index in [4.69, 9.17) is 4.42 Å². The molecule has 1 aliphatic carbocycles. The molecule has 0 aliphatic heterocycles. The molecule has 1 amide bonds. The second-order valence-corrected chi connectivity index (χ2v) is 9.24. The Bertz CT molecular complexity index is 706. The number of carbonyl (C=O) groups excluding carboxylic acids is 1. The molecule has 2 heterocycles. The Labute approximate surface area is 154 Å². The highest BCUT2D eigenvalue weighted by Gasteiger charge is 2.23. The van der Waals surface area contributed by atoms with Crippen LogP contribution in [0.1, 0.15) is 44.7 Å². The zero-order valence-corrected chi connectivity index (χ0v) is 16.0. The zero-order valence-electron chi connectivity index (χ0n) is 14.4. The molecule has 0 radical (unpaired) electrons. The third kappa shape index (κ3) is 5.01. The molecule has 7 heteroatoms. The average molecular weight is 381 g/mol. The summed E-state index contributed by atoms with van der Waals surface area (Å²) in [6.45, 7) is 2.42. The number of thiophene rings is 1. The average Bonchev–Trinajstić information content (AvgIpc) is 3.31. The number of carbonyl (C=O) groups is 1. The first-order valence-corrected chi connectivity index (χ1v) is 11.0. The van der Waals surface area contributed by atoms with E-state index >= 15 is 0 Å². The first kappa shape index (κ1) is 18.3. The molecular formula is C18H24N2O3S2. The molecule has 1 saturated carbocycles. The number of hydrogen-bond acceptors (Lipinski definition) is 5. The van der Waals surface area contributed by atoms with Gasteiger partial charge in [-0.2, -0.15) is 0 Å². The van der Waals surface area contributed by atoms with Crippen molar-refractivity contribution in [2.45, 2.75) is 50.0 Å². The summed E-state index contributed by atoms with van der Waals surface area (Å²) >= 11 is 1.54. The molecule has 1 N–H and O–H groups in total. The molecule has 25 heavy (non-hydrogen) atoms. The van der Waals surface area contributed by atoms with Gasteiger partial charge < -0.3 is 9.73 Å². The lowest BCUT2D eigenvalue weighted by Gasteiger charge is -2.22. The van der Waals surface area contributed by atoms with Gasteiger partial charge in [0.2, 0.25) is 11.8 Å². The lowest BCUT2D eigenvalue weighted by Crippen LogP contribution is -2.38.